The van der Waals surface area contributed by atoms with E-state index >= 15 is 0 Å². The Kier molecular flexibility index (Phi) is 18.8. The summed E-state index contributed by atoms with van der Waals surface area (Å²) in [7, 11) is 3.64. The second-order valence-corrected chi connectivity index (χ2v) is 11.7. The molecule has 1 amide bonds. The molecule has 2 aromatic rings. The normalized spacial score (nSPS) is 11.9. The molecule has 1 atom stereocenters. The topological polar surface area (TPSA) is 68.5 Å². The predicted molar refractivity (Wildman–Crippen MR) is 175 cm³/mol. The highest BCUT2D eigenvalue weighted by Crippen LogP contribution is 2.39. The first kappa shape index (κ1) is 37.3. The smallest absolute Gasteiger partial charge is 0.221 e. The van der Waals surface area contributed by atoms with Gasteiger partial charge in [-0.2, -0.15) is 0 Å². The highest BCUT2D eigenvalue weighted by atomic mass is 32.2. The summed E-state index contributed by atoms with van der Waals surface area (Å²) in [6.45, 7) is 20.3. The van der Waals surface area contributed by atoms with E-state index < -0.39 is 0 Å². The molecule has 1 aromatic carbocycles. The van der Waals surface area contributed by atoms with E-state index in [1.807, 2.05) is 43.4 Å². The van der Waals surface area contributed by atoms with Crippen LogP contribution in [0.5, 0.6) is 5.75 Å². The average molecular weight is 571 g/mol. The van der Waals surface area contributed by atoms with Gasteiger partial charge in [-0.3, -0.25) is 9.79 Å². The summed E-state index contributed by atoms with van der Waals surface area (Å²) < 4.78 is 7.79. The van der Waals surface area contributed by atoms with Gasteiger partial charge in [0, 0.05) is 55.8 Å². The molecule has 0 saturated carbocycles. The Morgan fingerprint density at radius 1 is 1.27 bits per heavy atom. The number of methoxy groups -OCH3 is 1. The molecule has 1 aromatic heterocycles. The minimum atomic E-state index is -0.0312. The van der Waals surface area contributed by atoms with E-state index in [2.05, 4.69) is 81.3 Å². The molecule has 0 saturated heterocycles. The Bertz CT molecular complexity index is 1050. The van der Waals surface area contributed by atoms with Crippen molar-refractivity contribution in [3.05, 3.63) is 47.5 Å². The van der Waals surface area contributed by atoms with Gasteiger partial charge in [-0.25, -0.2) is 4.98 Å². The molecule has 40 heavy (non-hydrogen) atoms. The molecule has 0 aliphatic carbocycles. The molecule has 1 N–H and O–H groups in total. The van der Waals surface area contributed by atoms with Crippen LogP contribution in [0.15, 0.2) is 35.8 Å². The van der Waals surface area contributed by atoms with Crippen molar-refractivity contribution in [2.75, 3.05) is 26.5 Å². The van der Waals surface area contributed by atoms with E-state index in [1.54, 1.807) is 26.6 Å². The zero-order valence-corrected chi connectivity index (χ0v) is 27.7. The molecule has 0 spiro atoms. The van der Waals surface area contributed by atoms with Crippen LogP contribution < -0.4 is 10.1 Å². The molecule has 1 unspecified atom stereocenters. The summed E-state index contributed by atoms with van der Waals surface area (Å²) in [6.07, 6.45) is 12.4. The number of thioether (sulfide) groups is 1. The zero-order chi connectivity index (χ0) is 30.7. The molecular formula is C33H54N4O2S. The van der Waals surface area contributed by atoms with Gasteiger partial charge in [-0.05, 0) is 48.3 Å². The SMILES string of the molecule is C#CC.CC.CCC(CCNC(=O)CCn1ccnc1)CSC(=NC)c1cc(C(C)C)c(OC)c(C(C)(C)C)c1. The molecular weight excluding hydrogens is 516 g/mol. The second-order valence-electron chi connectivity index (χ2n) is 10.6. The van der Waals surface area contributed by atoms with Gasteiger partial charge in [0.1, 0.15) is 5.75 Å². The number of rotatable bonds is 12. The number of terminal acetylenes is 1. The fourth-order valence-electron chi connectivity index (χ4n) is 4.02. The number of imidazole rings is 1. The Hall–Kier alpha value is -2.72. The maximum atomic E-state index is 12.2. The third-order valence-electron chi connectivity index (χ3n) is 6.27. The lowest BCUT2D eigenvalue weighted by atomic mass is 9.82. The lowest BCUT2D eigenvalue weighted by molar-refractivity contribution is -0.121. The number of carbonyl (C=O) groups is 1. The van der Waals surface area contributed by atoms with E-state index in [0.717, 1.165) is 35.0 Å². The Morgan fingerprint density at radius 3 is 2.40 bits per heavy atom. The van der Waals surface area contributed by atoms with Gasteiger partial charge in [0.2, 0.25) is 5.91 Å². The van der Waals surface area contributed by atoms with Crippen LogP contribution in [-0.2, 0) is 16.8 Å². The number of nitrogens with zero attached hydrogens (tertiary/aromatic N) is 3. The number of aryl methyl sites for hydroxylation is 1. The molecule has 224 valence electrons. The molecule has 1 heterocycles. The highest BCUT2D eigenvalue weighted by Gasteiger charge is 2.25. The van der Waals surface area contributed by atoms with E-state index in [0.29, 0.717) is 31.3 Å². The maximum Gasteiger partial charge on any atom is 0.221 e. The van der Waals surface area contributed by atoms with Crippen LogP contribution in [0.25, 0.3) is 0 Å². The Balaban J connectivity index is 0.00000284. The molecule has 0 fully saturated rings. The minimum absolute atomic E-state index is 0.0312. The van der Waals surface area contributed by atoms with Gasteiger partial charge in [-0.15, -0.1) is 24.1 Å². The van der Waals surface area contributed by atoms with E-state index in [9.17, 15) is 4.79 Å². The number of benzene rings is 1. The highest BCUT2D eigenvalue weighted by molar-refractivity contribution is 8.14. The van der Waals surface area contributed by atoms with Gasteiger partial charge < -0.3 is 14.6 Å². The standard InChI is InChI=1S/C28H44N4O2S.C3H4.C2H6/c1-9-21(10-12-31-25(33)11-14-32-15-13-30-19-32)18-35-27(29-7)22-16-23(20(2)3)26(34-8)24(17-22)28(4,5)6;1-3-2;1-2/h13,15-17,19-21H,9-12,14,18H2,1-8H3,(H,31,33);1H,2H3;1-2H3. The van der Waals surface area contributed by atoms with E-state index in [4.69, 9.17) is 4.74 Å². The first-order chi connectivity index (χ1) is 19.0. The fraction of sp³-hybridized carbons (Fsp3) is 0.606. The number of hydrogen-bond donors (Lipinski definition) is 1. The average Bonchev–Trinajstić information content (AvgIpc) is 3.45. The summed E-state index contributed by atoms with van der Waals surface area (Å²) in [5.41, 5.74) is 3.57. The quantitative estimate of drug-likeness (QED) is 0.161. The van der Waals surface area contributed by atoms with Crippen LogP contribution in [0.4, 0.5) is 0 Å². The zero-order valence-electron chi connectivity index (χ0n) is 26.9. The third-order valence-corrected chi connectivity index (χ3v) is 7.60. The van der Waals surface area contributed by atoms with Gasteiger partial charge in [0.25, 0.3) is 0 Å². The summed E-state index contributed by atoms with van der Waals surface area (Å²) in [5, 5.41) is 4.13. The van der Waals surface area contributed by atoms with E-state index in [-0.39, 0.29) is 11.3 Å². The van der Waals surface area contributed by atoms with Crippen LogP contribution >= 0.6 is 11.8 Å². The predicted octanol–water partition coefficient (Wildman–Crippen LogP) is 7.71. The molecule has 0 aliphatic heterocycles. The van der Waals surface area contributed by atoms with Crippen molar-refractivity contribution < 1.29 is 9.53 Å². The largest absolute Gasteiger partial charge is 0.496 e. The number of aliphatic imine (C=N–C) groups is 1. The second kappa shape index (κ2) is 20.2. The van der Waals surface area contributed by atoms with Crippen molar-refractivity contribution in [1.82, 2.24) is 14.9 Å². The maximum absolute atomic E-state index is 12.2. The molecule has 2 rings (SSSR count). The van der Waals surface area contributed by atoms with Gasteiger partial charge >= 0.3 is 0 Å². The van der Waals surface area contributed by atoms with Crippen LogP contribution in [0, 0.1) is 18.3 Å². The van der Waals surface area contributed by atoms with Crippen molar-refractivity contribution in [1.29, 1.82) is 0 Å². The summed E-state index contributed by atoms with van der Waals surface area (Å²) in [5.74, 6) is 5.17. The number of nitrogens with one attached hydrogen (secondary N) is 1. The lowest BCUT2D eigenvalue weighted by Crippen LogP contribution is -2.27. The first-order valence-corrected chi connectivity index (χ1v) is 15.4. The molecule has 0 radical (unpaired) electrons. The van der Waals surface area contributed by atoms with Crippen molar-refractivity contribution in [3.63, 3.8) is 0 Å². The molecule has 0 bridgehead atoms. The summed E-state index contributed by atoms with van der Waals surface area (Å²) in [6, 6.07) is 4.50. The van der Waals surface area contributed by atoms with Crippen LogP contribution in [0.1, 0.15) is 104 Å². The summed E-state index contributed by atoms with van der Waals surface area (Å²) in [4.78, 5) is 20.9. The van der Waals surface area contributed by atoms with Gasteiger partial charge in [0.05, 0.1) is 18.5 Å². The molecule has 6 nitrogen and oxygen atoms in total. The number of ether oxygens (including phenoxy) is 1. The van der Waals surface area contributed by atoms with E-state index in [1.165, 1.54) is 11.1 Å². The van der Waals surface area contributed by atoms with Crippen molar-refractivity contribution in [2.24, 2.45) is 10.9 Å². The lowest BCUT2D eigenvalue weighted by Gasteiger charge is -2.26. The van der Waals surface area contributed by atoms with Crippen molar-refractivity contribution >= 4 is 22.7 Å². The minimum Gasteiger partial charge on any atom is -0.496 e. The number of hydrogen-bond acceptors (Lipinski definition) is 5. The fourth-order valence-corrected chi connectivity index (χ4v) is 5.23. The Morgan fingerprint density at radius 2 is 1.93 bits per heavy atom. The van der Waals surface area contributed by atoms with Gasteiger partial charge in [0.15, 0.2) is 0 Å². The Labute approximate surface area is 249 Å². The third kappa shape index (κ3) is 13.1. The van der Waals surface area contributed by atoms with Crippen molar-refractivity contribution in [2.45, 2.75) is 99.5 Å². The van der Waals surface area contributed by atoms with Gasteiger partial charge in [-0.1, -0.05) is 61.8 Å². The number of carbonyl (C=O) groups excluding carboxylic acids is 1. The van der Waals surface area contributed by atoms with Crippen LogP contribution in [0.2, 0.25) is 0 Å². The molecule has 0 aliphatic rings. The first-order valence-electron chi connectivity index (χ1n) is 14.4. The number of amides is 1. The monoisotopic (exact) mass is 570 g/mol. The molecule has 7 heteroatoms. The van der Waals surface area contributed by atoms with Crippen molar-refractivity contribution in [3.8, 4) is 18.1 Å². The van der Waals surface area contributed by atoms with Crippen LogP contribution in [-0.4, -0.2) is 47.0 Å². The number of aromatic nitrogens is 2. The summed E-state index contributed by atoms with van der Waals surface area (Å²) >= 11 is 1.81. The van der Waals surface area contributed by atoms with Crippen LogP contribution in [0.3, 0.4) is 0 Å².